The smallest absolute Gasteiger partial charge is 0.321 e. The van der Waals surface area contributed by atoms with Gasteiger partial charge in [0.2, 0.25) is 5.91 Å². The number of nitrogens with one attached hydrogen (secondary N) is 3. The van der Waals surface area contributed by atoms with Crippen molar-refractivity contribution in [3.63, 3.8) is 0 Å². The van der Waals surface area contributed by atoms with Crippen molar-refractivity contribution in [2.75, 3.05) is 13.1 Å². The van der Waals surface area contributed by atoms with Gasteiger partial charge < -0.3 is 10.6 Å². The van der Waals surface area contributed by atoms with Gasteiger partial charge in [-0.15, -0.1) is 0 Å². The molecule has 3 amide bonds. The first-order chi connectivity index (χ1) is 9.49. The summed E-state index contributed by atoms with van der Waals surface area (Å²) in [4.78, 5) is 23.0. The van der Waals surface area contributed by atoms with Gasteiger partial charge >= 0.3 is 6.03 Å². The summed E-state index contributed by atoms with van der Waals surface area (Å²) in [5, 5.41) is 8.00. The summed E-state index contributed by atoms with van der Waals surface area (Å²) in [6.07, 6.45) is 0. The van der Waals surface area contributed by atoms with E-state index in [0.29, 0.717) is 12.5 Å². The molecule has 0 spiro atoms. The Morgan fingerprint density at radius 2 is 1.75 bits per heavy atom. The monoisotopic (exact) mass is 277 g/mol. The fourth-order valence-electron chi connectivity index (χ4n) is 1.62. The SMILES string of the molecule is CC(C)CNC(=O)NC(=O)CN[C@@H](C)c1ccccc1. The first-order valence-corrected chi connectivity index (χ1v) is 6.85. The maximum atomic E-state index is 11.6. The van der Waals surface area contributed by atoms with Crippen molar-refractivity contribution in [1.82, 2.24) is 16.0 Å². The summed E-state index contributed by atoms with van der Waals surface area (Å²) in [5.74, 6) is 0.0149. The van der Waals surface area contributed by atoms with Crippen LogP contribution >= 0.6 is 0 Å². The second-order valence-corrected chi connectivity index (χ2v) is 5.17. The minimum atomic E-state index is -0.446. The zero-order chi connectivity index (χ0) is 15.0. The van der Waals surface area contributed by atoms with E-state index in [2.05, 4.69) is 16.0 Å². The van der Waals surface area contributed by atoms with Crippen molar-refractivity contribution in [1.29, 1.82) is 0 Å². The molecule has 0 radical (unpaired) electrons. The molecule has 1 atom stereocenters. The molecular formula is C15H23N3O2. The second kappa shape index (κ2) is 8.32. The zero-order valence-electron chi connectivity index (χ0n) is 12.3. The Balaban J connectivity index is 2.28. The van der Waals surface area contributed by atoms with Gasteiger partial charge in [-0.05, 0) is 18.4 Å². The summed E-state index contributed by atoms with van der Waals surface area (Å²) in [6, 6.07) is 9.44. The molecular weight excluding hydrogens is 254 g/mol. The van der Waals surface area contributed by atoms with E-state index in [1.165, 1.54) is 0 Å². The average Bonchev–Trinajstić information content (AvgIpc) is 2.43. The molecule has 5 nitrogen and oxygen atoms in total. The number of imide groups is 1. The van der Waals surface area contributed by atoms with Crippen LogP contribution in [0.2, 0.25) is 0 Å². The summed E-state index contributed by atoms with van der Waals surface area (Å²) in [5.41, 5.74) is 1.10. The minimum Gasteiger partial charge on any atom is -0.338 e. The van der Waals surface area contributed by atoms with Gasteiger partial charge in [0.1, 0.15) is 0 Å². The number of benzene rings is 1. The van der Waals surface area contributed by atoms with E-state index in [0.717, 1.165) is 5.56 Å². The van der Waals surface area contributed by atoms with Crippen LogP contribution in [0, 0.1) is 5.92 Å². The van der Waals surface area contributed by atoms with Crippen LogP contribution < -0.4 is 16.0 Å². The lowest BCUT2D eigenvalue weighted by atomic mass is 10.1. The molecule has 0 aliphatic heterocycles. The molecule has 1 rings (SSSR count). The molecule has 0 bridgehead atoms. The van der Waals surface area contributed by atoms with Gasteiger partial charge in [-0.25, -0.2) is 4.79 Å². The maximum Gasteiger partial charge on any atom is 0.321 e. The third kappa shape index (κ3) is 6.33. The fraction of sp³-hybridized carbons (Fsp3) is 0.467. The van der Waals surface area contributed by atoms with Crippen LogP contribution in [0.25, 0.3) is 0 Å². The highest BCUT2D eigenvalue weighted by molar-refractivity contribution is 5.95. The van der Waals surface area contributed by atoms with E-state index < -0.39 is 6.03 Å². The molecule has 0 heterocycles. The Hall–Kier alpha value is -1.88. The number of hydrogen-bond donors (Lipinski definition) is 3. The Bertz CT molecular complexity index is 432. The molecule has 110 valence electrons. The summed E-state index contributed by atoms with van der Waals surface area (Å²) in [6.45, 7) is 6.61. The van der Waals surface area contributed by atoms with E-state index in [4.69, 9.17) is 0 Å². The van der Waals surface area contributed by atoms with E-state index in [-0.39, 0.29) is 18.5 Å². The lowest BCUT2D eigenvalue weighted by Gasteiger charge is -2.14. The quantitative estimate of drug-likeness (QED) is 0.743. The molecule has 0 aliphatic carbocycles. The molecule has 0 saturated carbocycles. The van der Waals surface area contributed by atoms with Crippen LogP contribution in [-0.2, 0) is 4.79 Å². The first kappa shape index (κ1) is 16.2. The second-order valence-electron chi connectivity index (χ2n) is 5.17. The third-order valence-corrected chi connectivity index (χ3v) is 2.79. The van der Waals surface area contributed by atoms with Crippen LogP contribution in [0.3, 0.4) is 0 Å². The Labute approximate surface area is 120 Å². The molecule has 0 aromatic heterocycles. The first-order valence-electron chi connectivity index (χ1n) is 6.85. The van der Waals surface area contributed by atoms with Gasteiger partial charge in [0.15, 0.2) is 0 Å². The normalized spacial score (nSPS) is 12.0. The van der Waals surface area contributed by atoms with E-state index >= 15 is 0 Å². The van der Waals surface area contributed by atoms with E-state index in [9.17, 15) is 9.59 Å². The molecule has 0 unspecified atom stereocenters. The number of carbonyl (C=O) groups excluding carboxylic acids is 2. The van der Waals surface area contributed by atoms with Gasteiger partial charge in [-0.3, -0.25) is 10.1 Å². The van der Waals surface area contributed by atoms with Crippen molar-refractivity contribution in [2.45, 2.75) is 26.8 Å². The topological polar surface area (TPSA) is 70.2 Å². The standard InChI is InChI=1S/C15H23N3O2/c1-11(2)9-17-15(20)18-14(19)10-16-12(3)13-7-5-4-6-8-13/h4-8,11-12,16H,9-10H2,1-3H3,(H2,17,18,19,20)/t12-/m0/s1. The number of urea groups is 1. The molecule has 5 heteroatoms. The lowest BCUT2D eigenvalue weighted by molar-refractivity contribution is -0.119. The number of rotatable bonds is 6. The molecule has 0 saturated heterocycles. The molecule has 0 fully saturated rings. The van der Waals surface area contributed by atoms with Crippen molar-refractivity contribution in [3.8, 4) is 0 Å². The van der Waals surface area contributed by atoms with Crippen LogP contribution in [-0.4, -0.2) is 25.0 Å². The molecule has 1 aromatic carbocycles. The highest BCUT2D eigenvalue weighted by Gasteiger charge is 2.10. The maximum absolute atomic E-state index is 11.6. The minimum absolute atomic E-state index is 0.0562. The van der Waals surface area contributed by atoms with E-state index in [1.807, 2.05) is 51.1 Å². The summed E-state index contributed by atoms with van der Waals surface area (Å²) < 4.78 is 0. The van der Waals surface area contributed by atoms with Crippen molar-refractivity contribution in [2.24, 2.45) is 5.92 Å². The molecule has 1 aromatic rings. The van der Waals surface area contributed by atoms with Crippen LogP contribution in [0.1, 0.15) is 32.4 Å². The van der Waals surface area contributed by atoms with E-state index in [1.54, 1.807) is 0 Å². The lowest BCUT2D eigenvalue weighted by Crippen LogP contribution is -2.44. The van der Waals surface area contributed by atoms with Gasteiger partial charge in [-0.2, -0.15) is 0 Å². The average molecular weight is 277 g/mol. The summed E-state index contributed by atoms with van der Waals surface area (Å²) >= 11 is 0. The third-order valence-electron chi connectivity index (χ3n) is 2.79. The highest BCUT2D eigenvalue weighted by Crippen LogP contribution is 2.10. The van der Waals surface area contributed by atoms with Gasteiger partial charge in [0, 0.05) is 12.6 Å². The number of hydrogen-bond acceptors (Lipinski definition) is 3. The molecule has 3 N–H and O–H groups in total. The number of carbonyl (C=O) groups is 2. The van der Waals surface area contributed by atoms with Gasteiger partial charge in [0.05, 0.1) is 6.54 Å². The van der Waals surface area contributed by atoms with Crippen LogP contribution in [0.5, 0.6) is 0 Å². The van der Waals surface area contributed by atoms with Gasteiger partial charge in [-0.1, -0.05) is 44.2 Å². The Morgan fingerprint density at radius 1 is 1.10 bits per heavy atom. The predicted molar refractivity (Wildman–Crippen MR) is 79.2 cm³/mol. The Morgan fingerprint density at radius 3 is 2.35 bits per heavy atom. The van der Waals surface area contributed by atoms with Crippen molar-refractivity contribution >= 4 is 11.9 Å². The van der Waals surface area contributed by atoms with Crippen molar-refractivity contribution in [3.05, 3.63) is 35.9 Å². The highest BCUT2D eigenvalue weighted by atomic mass is 16.2. The predicted octanol–water partition coefficient (Wildman–Crippen LogP) is 1.82. The van der Waals surface area contributed by atoms with Crippen LogP contribution in [0.4, 0.5) is 4.79 Å². The summed E-state index contributed by atoms with van der Waals surface area (Å²) in [7, 11) is 0. The molecule has 20 heavy (non-hydrogen) atoms. The largest absolute Gasteiger partial charge is 0.338 e. The number of amides is 3. The van der Waals surface area contributed by atoms with Gasteiger partial charge in [0.25, 0.3) is 0 Å². The Kier molecular flexibility index (Phi) is 6.73. The molecule has 0 aliphatic rings. The fourth-order valence-corrected chi connectivity index (χ4v) is 1.62. The zero-order valence-corrected chi connectivity index (χ0v) is 12.3. The van der Waals surface area contributed by atoms with Crippen LogP contribution in [0.15, 0.2) is 30.3 Å². The van der Waals surface area contributed by atoms with Crippen molar-refractivity contribution < 1.29 is 9.59 Å².